The molecule has 0 atom stereocenters. The van der Waals surface area contributed by atoms with Crippen molar-refractivity contribution in [1.29, 1.82) is 0 Å². The van der Waals surface area contributed by atoms with Gasteiger partial charge in [-0.25, -0.2) is 4.98 Å². The highest BCUT2D eigenvalue weighted by atomic mass is 79.9. The monoisotopic (exact) mass is 243 g/mol. The van der Waals surface area contributed by atoms with Crippen molar-refractivity contribution in [3.8, 4) is 5.88 Å². The van der Waals surface area contributed by atoms with Gasteiger partial charge in [-0.2, -0.15) is 0 Å². The van der Waals surface area contributed by atoms with Gasteiger partial charge < -0.3 is 4.74 Å². The number of pyridine rings is 1. The summed E-state index contributed by atoms with van der Waals surface area (Å²) in [6.07, 6.45) is 2.04. The number of carbonyl (C=O) groups is 1. The van der Waals surface area contributed by atoms with Gasteiger partial charge in [-0.3, -0.25) is 4.79 Å². The summed E-state index contributed by atoms with van der Waals surface area (Å²) in [6.45, 7) is 1.55. The van der Waals surface area contributed by atoms with E-state index in [0.29, 0.717) is 12.3 Å². The van der Waals surface area contributed by atoms with Crippen LogP contribution in [-0.2, 0) is 11.2 Å². The minimum atomic E-state index is 0.119. The minimum Gasteiger partial charge on any atom is -0.481 e. The number of methoxy groups -OCH3 is 1. The van der Waals surface area contributed by atoms with Crippen molar-refractivity contribution in [3.63, 3.8) is 0 Å². The maximum Gasteiger partial charge on any atom is 0.213 e. The maximum atomic E-state index is 10.9. The summed E-state index contributed by atoms with van der Waals surface area (Å²) in [5.74, 6) is 0.647. The number of ketones is 1. The normalized spacial score (nSPS) is 9.77. The van der Waals surface area contributed by atoms with E-state index in [9.17, 15) is 4.79 Å². The molecule has 0 unspecified atom stereocenters. The van der Waals surface area contributed by atoms with Gasteiger partial charge in [0, 0.05) is 23.2 Å². The lowest BCUT2D eigenvalue weighted by atomic mass is 10.1. The highest BCUT2D eigenvalue weighted by Crippen LogP contribution is 2.20. The Hall–Kier alpha value is -0.900. The van der Waals surface area contributed by atoms with Crippen LogP contribution in [0.5, 0.6) is 5.88 Å². The minimum absolute atomic E-state index is 0.119. The molecule has 3 nitrogen and oxygen atoms in total. The summed E-state index contributed by atoms with van der Waals surface area (Å²) in [7, 11) is 1.55. The van der Waals surface area contributed by atoms with Crippen molar-refractivity contribution in [2.75, 3.05) is 7.11 Å². The Morgan fingerprint density at radius 3 is 2.92 bits per heavy atom. The van der Waals surface area contributed by atoms with E-state index in [1.165, 1.54) is 0 Å². The number of ether oxygens (including phenoxy) is 1. The van der Waals surface area contributed by atoms with Crippen LogP contribution in [-0.4, -0.2) is 17.9 Å². The first-order chi connectivity index (χ1) is 6.13. The SMILES string of the molecule is COc1cc(CC(C)=O)c(Br)cn1. The number of aromatic nitrogens is 1. The summed E-state index contributed by atoms with van der Waals surface area (Å²) in [6, 6.07) is 1.76. The second-order valence-electron chi connectivity index (χ2n) is 2.70. The van der Waals surface area contributed by atoms with Gasteiger partial charge >= 0.3 is 0 Å². The second kappa shape index (κ2) is 4.37. The van der Waals surface area contributed by atoms with E-state index in [1.54, 1.807) is 26.3 Å². The molecule has 0 spiro atoms. The van der Waals surface area contributed by atoms with Gasteiger partial charge in [-0.15, -0.1) is 0 Å². The Labute approximate surface area is 85.3 Å². The van der Waals surface area contributed by atoms with E-state index >= 15 is 0 Å². The molecule has 0 N–H and O–H groups in total. The average Bonchev–Trinajstić information content (AvgIpc) is 2.08. The Bertz CT molecular complexity index is 325. The first-order valence-corrected chi connectivity index (χ1v) is 4.60. The van der Waals surface area contributed by atoms with E-state index in [1.807, 2.05) is 0 Å². The topological polar surface area (TPSA) is 39.2 Å². The van der Waals surface area contributed by atoms with Crippen molar-refractivity contribution in [1.82, 2.24) is 4.98 Å². The van der Waals surface area contributed by atoms with Gasteiger partial charge in [-0.1, -0.05) is 0 Å². The van der Waals surface area contributed by atoms with Crippen LogP contribution in [0, 0.1) is 0 Å². The highest BCUT2D eigenvalue weighted by molar-refractivity contribution is 9.10. The van der Waals surface area contributed by atoms with Crippen LogP contribution in [0.2, 0.25) is 0 Å². The molecule has 0 saturated heterocycles. The molecule has 0 aliphatic carbocycles. The molecule has 13 heavy (non-hydrogen) atoms. The van der Waals surface area contributed by atoms with Gasteiger partial charge in [-0.05, 0) is 28.4 Å². The maximum absolute atomic E-state index is 10.9. The molecular formula is C9H10BrNO2. The number of hydrogen-bond donors (Lipinski definition) is 0. The van der Waals surface area contributed by atoms with E-state index in [-0.39, 0.29) is 5.78 Å². The molecule has 1 aromatic rings. The summed E-state index contributed by atoms with van der Waals surface area (Å²) < 4.78 is 5.78. The van der Waals surface area contributed by atoms with Crippen LogP contribution in [0.25, 0.3) is 0 Å². The predicted octanol–water partition coefficient (Wildman–Crippen LogP) is 1.98. The first-order valence-electron chi connectivity index (χ1n) is 3.81. The molecule has 0 aliphatic heterocycles. The Balaban J connectivity index is 2.96. The van der Waals surface area contributed by atoms with Crippen molar-refractivity contribution in [2.45, 2.75) is 13.3 Å². The lowest BCUT2D eigenvalue weighted by Crippen LogP contribution is -1.99. The molecule has 0 radical (unpaired) electrons. The van der Waals surface area contributed by atoms with E-state index in [0.717, 1.165) is 10.0 Å². The molecule has 0 aliphatic rings. The van der Waals surface area contributed by atoms with Crippen LogP contribution in [0.3, 0.4) is 0 Å². The molecule has 4 heteroatoms. The third-order valence-electron chi connectivity index (χ3n) is 1.56. The molecule has 0 bridgehead atoms. The molecular weight excluding hydrogens is 234 g/mol. The van der Waals surface area contributed by atoms with Crippen LogP contribution >= 0.6 is 15.9 Å². The largest absolute Gasteiger partial charge is 0.481 e. The highest BCUT2D eigenvalue weighted by Gasteiger charge is 2.05. The molecule has 1 rings (SSSR count). The van der Waals surface area contributed by atoms with E-state index < -0.39 is 0 Å². The fourth-order valence-electron chi connectivity index (χ4n) is 0.974. The zero-order valence-electron chi connectivity index (χ0n) is 7.50. The van der Waals surface area contributed by atoms with Gasteiger partial charge in [0.05, 0.1) is 7.11 Å². The predicted molar refractivity (Wildman–Crippen MR) is 52.9 cm³/mol. The lowest BCUT2D eigenvalue weighted by molar-refractivity contribution is -0.116. The van der Waals surface area contributed by atoms with Gasteiger partial charge in [0.15, 0.2) is 0 Å². The molecule has 0 aromatic carbocycles. The molecule has 70 valence electrons. The standard InChI is InChI=1S/C9H10BrNO2/c1-6(12)3-7-4-9(13-2)11-5-8(7)10/h4-5H,3H2,1-2H3. The third kappa shape index (κ3) is 2.81. The Kier molecular flexibility index (Phi) is 3.42. The van der Waals surface area contributed by atoms with Gasteiger partial charge in [0.25, 0.3) is 0 Å². The van der Waals surface area contributed by atoms with E-state index in [2.05, 4.69) is 20.9 Å². The third-order valence-corrected chi connectivity index (χ3v) is 2.27. The van der Waals surface area contributed by atoms with Crippen molar-refractivity contribution < 1.29 is 9.53 Å². The summed E-state index contributed by atoms with van der Waals surface area (Å²) in [5, 5.41) is 0. The zero-order chi connectivity index (χ0) is 9.84. The van der Waals surface area contributed by atoms with Gasteiger partial charge in [0.1, 0.15) is 5.78 Å². The summed E-state index contributed by atoms with van der Waals surface area (Å²) in [5.41, 5.74) is 0.902. The quantitative estimate of drug-likeness (QED) is 0.816. The fourth-order valence-corrected chi connectivity index (χ4v) is 1.33. The van der Waals surface area contributed by atoms with E-state index in [4.69, 9.17) is 4.74 Å². The zero-order valence-corrected chi connectivity index (χ0v) is 9.09. The lowest BCUT2D eigenvalue weighted by Gasteiger charge is -2.03. The Morgan fingerprint density at radius 2 is 2.38 bits per heavy atom. The second-order valence-corrected chi connectivity index (χ2v) is 3.55. The number of halogens is 1. The van der Waals surface area contributed by atoms with Crippen LogP contribution in [0.15, 0.2) is 16.7 Å². The van der Waals surface area contributed by atoms with Crippen molar-refractivity contribution >= 4 is 21.7 Å². The molecule has 0 amide bonds. The molecule has 0 fully saturated rings. The molecule has 1 aromatic heterocycles. The van der Waals surface area contributed by atoms with Crippen LogP contribution < -0.4 is 4.74 Å². The van der Waals surface area contributed by atoms with Crippen LogP contribution in [0.1, 0.15) is 12.5 Å². The summed E-state index contributed by atoms with van der Waals surface area (Å²) >= 11 is 3.32. The van der Waals surface area contributed by atoms with Crippen molar-refractivity contribution in [2.24, 2.45) is 0 Å². The number of nitrogens with zero attached hydrogens (tertiary/aromatic N) is 1. The Morgan fingerprint density at radius 1 is 1.69 bits per heavy atom. The number of carbonyl (C=O) groups excluding carboxylic acids is 1. The first kappa shape index (κ1) is 10.2. The smallest absolute Gasteiger partial charge is 0.213 e. The van der Waals surface area contributed by atoms with Gasteiger partial charge in [0.2, 0.25) is 5.88 Å². The number of Topliss-reactive ketones (excluding diaryl/α,β-unsaturated/α-hetero) is 1. The fraction of sp³-hybridized carbons (Fsp3) is 0.333. The number of rotatable bonds is 3. The number of hydrogen-bond acceptors (Lipinski definition) is 3. The summed E-state index contributed by atoms with van der Waals surface area (Å²) in [4.78, 5) is 14.9. The molecule has 1 heterocycles. The average molecular weight is 244 g/mol. The van der Waals surface area contributed by atoms with Crippen molar-refractivity contribution in [3.05, 3.63) is 22.3 Å². The molecule has 0 saturated carbocycles. The van der Waals surface area contributed by atoms with Crippen LogP contribution in [0.4, 0.5) is 0 Å².